The summed E-state index contributed by atoms with van der Waals surface area (Å²) in [4.78, 5) is 29.7. The molecule has 5 aromatic rings. The number of benzene rings is 3. The molecular formula is C25H15ClN2O3S. The van der Waals surface area contributed by atoms with Gasteiger partial charge in [0.25, 0.3) is 5.91 Å². The first-order valence-electron chi connectivity index (χ1n) is 9.73. The monoisotopic (exact) mass is 458 g/mol. The van der Waals surface area contributed by atoms with E-state index in [4.69, 9.17) is 21.0 Å². The lowest BCUT2D eigenvalue weighted by molar-refractivity contribution is 0.102. The van der Waals surface area contributed by atoms with Crippen LogP contribution in [0, 0.1) is 0 Å². The zero-order valence-electron chi connectivity index (χ0n) is 16.5. The Morgan fingerprint density at radius 2 is 1.78 bits per heavy atom. The number of halogens is 1. The SMILES string of the molecule is O=C(Nc1cccc(-c2csc(-c3ccccc3Cl)n2)c1)c1cc2ccccc2oc1=O. The molecule has 32 heavy (non-hydrogen) atoms. The maximum absolute atomic E-state index is 12.8. The topological polar surface area (TPSA) is 72.2 Å². The van der Waals surface area contributed by atoms with Crippen LogP contribution in [-0.2, 0) is 0 Å². The molecule has 5 rings (SSSR count). The van der Waals surface area contributed by atoms with Gasteiger partial charge in [-0.2, -0.15) is 0 Å². The summed E-state index contributed by atoms with van der Waals surface area (Å²) in [5, 5.41) is 6.86. The summed E-state index contributed by atoms with van der Waals surface area (Å²) in [6.45, 7) is 0. The summed E-state index contributed by atoms with van der Waals surface area (Å²) in [5.74, 6) is -0.531. The third-order valence-corrected chi connectivity index (χ3v) is 6.12. The van der Waals surface area contributed by atoms with Gasteiger partial charge in [0.1, 0.15) is 16.2 Å². The van der Waals surface area contributed by atoms with E-state index in [1.54, 1.807) is 24.3 Å². The van der Waals surface area contributed by atoms with Crippen molar-refractivity contribution in [2.24, 2.45) is 0 Å². The molecule has 0 bridgehead atoms. The van der Waals surface area contributed by atoms with Gasteiger partial charge in [0, 0.05) is 27.6 Å². The Labute approximate surface area is 191 Å². The van der Waals surface area contributed by atoms with E-state index >= 15 is 0 Å². The summed E-state index contributed by atoms with van der Waals surface area (Å²) in [6.07, 6.45) is 0. The number of aromatic nitrogens is 1. The van der Waals surface area contributed by atoms with Gasteiger partial charge in [-0.25, -0.2) is 9.78 Å². The Balaban J connectivity index is 1.42. The highest BCUT2D eigenvalue weighted by molar-refractivity contribution is 7.13. The Morgan fingerprint density at radius 3 is 2.66 bits per heavy atom. The molecule has 1 N–H and O–H groups in total. The van der Waals surface area contributed by atoms with Crippen molar-refractivity contribution in [1.29, 1.82) is 0 Å². The van der Waals surface area contributed by atoms with E-state index in [9.17, 15) is 9.59 Å². The second-order valence-corrected chi connectivity index (χ2v) is 8.30. The fourth-order valence-electron chi connectivity index (χ4n) is 3.34. The number of carbonyl (C=O) groups is 1. The highest BCUT2D eigenvalue weighted by Crippen LogP contribution is 2.33. The van der Waals surface area contributed by atoms with Crippen molar-refractivity contribution in [1.82, 2.24) is 4.98 Å². The van der Waals surface area contributed by atoms with Crippen molar-refractivity contribution in [3.8, 4) is 21.8 Å². The number of rotatable bonds is 4. The Bertz CT molecular complexity index is 1520. The molecule has 2 aromatic heterocycles. The third-order valence-electron chi connectivity index (χ3n) is 4.91. The van der Waals surface area contributed by atoms with E-state index in [0.717, 1.165) is 21.8 Å². The molecular weight excluding hydrogens is 444 g/mol. The molecule has 0 aliphatic heterocycles. The van der Waals surface area contributed by atoms with Crippen LogP contribution in [0.15, 0.2) is 93.5 Å². The summed E-state index contributed by atoms with van der Waals surface area (Å²) in [7, 11) is 0. The van der Waals surface area contributed by atoms with Crippen molar-refractivity contribution in [2.45, 2.75) is 0 Å². The molecule has 0 spiro atoms. The number of hydrogen-bond acceptors (Lipinski definition) is 5. The average molecular weight is 459 g/mol. The summed E-state index contributed by atoms with van der Waals surface area (Å²) >= 11 is 7.78. The zero-order chi connectivity index (χ0) is 22.1. The number of thiazole rings is 1. The lowest BCUT2D eigenvalue weighted by Crippen LogP contribution is -2.20. The summed E-state index contributed by atoms with van der Waals surface area (Å²) < 4.78 is 5.26. The van der Waals surface area contributed by atoms with Crippen LogP contribution < -0.4 is 10.9 Å². The predicted molar refractivity (Wildman–Crippen MR) is 128 cm³/mol. The van der Waals surface area contributed by atoms with Crippen molar-refractivity contribution >= 4 is 45.5 Å². The molecule has 2 heterocycles. The van der Waals surface area contributed by atoms with Gasteiger partial charge in [0.05, 0.1) is 10.7 Å². The van der Waals surface area contributed by atoms with Crippen LogP contribution in [0.5, 0.6) is 0 Å². The first kappa shape index (κ1) is 20.2. The lowest BCUT2D eigenvalue weighted by atomic mass is 10.1. The molecule has 0 unspecified atom stereocenters. The normalized spacial score (nSPS) is 10.9. The largest absolute Gasteiger partial charge is 0.422 e. The summed E-state index contributed by atoms with van der Waals surface area (Å²) in [5.41, 5.74) is 2.73. The number of fused-ring (bicyclic) bond motifs is 1. The molecule has 0 aliphatic rings. The number of carbonyl (C=O) groups excluding carboxylic acids is 1. The van der Waals surface area contributed by atoms with Crippen LogP contribution in [0.1, 0.15) is 10.4 Å². The Morgan fingerprint density at radius 1 is 0.969 bits per heavy atom. The maximum Gasteiger partial charge on any atom is 0.349 e. The number of hydrogen-bond donors (Lipinski definition) is 1. The van der Waals surface area contributed by atoms with E-state index in [-0.39, 0.29) is 5.56 Å². The Kier molecular flexibility index (Phi) is 5.31. The number of para-hydroxylation sites is 1. The molecule has 0 radical (unpaired) electrons. The predicted octanol–water partition coefficient (Wildman–Crippen LogP) is 6.49. The van der Waals surface area contributed by atoms with E-state index in [2.05, 4.69) is 5.32 Å². The van der Waals surface area contributed by atoms with Crippen LogP contribution in [0.4, 0.5) is 5.69 Å². The van der Waals surface area contributed by atoms with Crippen LogP contribution >= 0.6 is 22.9 Å². The average Bonchev–Trinajstić information content (AvgIpc) is 3.29. The molecule has 3 aromatic carbocycles. The Hall–Kier alpha value is -3.74. The van der Waals surface area contributed by atoms with Gasteiger partial charge in [0.15, 0.2) is 0 Å². The van der Waals surface area contributed by atoms with Gasteiger partial charge in [-0.1, -0.05) is 60.1 Å². The smallest absolute Gasteiger partial charge is 0.349 e. The number of nitrogens with zero attached hydrogens (tertiary/aromatic N) is 1. The molecule has 1 amide bonds. The maximum atomic E-state index is 12.8. The van der Waals surface area contributed by atoms with Gasteiger partial charge in [-0.3, -0.25) is 4.79 Å². The van der Waals surface area contributed by atoms with E-state index in [1.165, 1.54) is 17.4 Å². The van der Waals surface area contributed by atoms with E-state index in [0.29, 0.717) is 21.7 Å². The molecule has 156 valence electrons. The quantitative estimate of drug-likeness (QED) is 0.312. The van der Waals surface area contributed by atoms with Crippen LogP contribution in [0.25, 0.3) is 32.8 Å². The first-order chi connectivity index (χ1) is 15.6. The molecule has 0 saturated heterocycles. The fraction of sp³-hybridized carbons (Fsp3) is 0. The standard InChI is InChI=1S/C25H15ClN2O3S/c26-20-10-3-2-9-18(20)24-28-21(14-32-24)15-7-5-8-17(12-15)27-23(29)19-13-16-6-1-4-11-22(16)31-25(19)30/h1-14H,(H,27,29). The molecule has 0 fully saturated rings. The highest BCUT2D eigenvalue weighted by atomic mass is 35.5. The lowest BCUT2D eigenvalue weighted by Gasteiger charge is -2.07. The number of amides is 1. The van der Waals surface area contributed by atoms with Crippen LogP contribution in [0.2, 0.25) is 5.02 Å². The zero-order valence-corrected chi connectivity index (χ0v) is 18.1. The molecule has 0 atom stereocenters. The number of nitrogens with one attached hydrogen (secondary N) is 1. The second-order valence-electron chi connectivity index (χ2n) is 7.04. The summed E-state index contributed by atoms with van der Waals surface area (Å²) in [6, 6.07) is 23.5. The van der Waals surface area contributed by atoms with E-state index < -0.39 is 11.5 Å². The van der Waals surface area contributed by atoms with E-state index in [1.807, 2.05) is 53.9 Å². The molecule has 0 aliphatic carbocycles. The van der Waals surface area contributed by atoms with Gasteiger partial charge in [0.2, 0.25) is 0 Å². The number of anilines is 1. The van der Waals surface area contributed by atoms with Gasteiger partial charge >= 0.3 is 5.63 Å². The van der Waals surface area contributed by atoms with Crippen molar-refractivity contribution in [2.75, 3.05) is 5.32 Å². The molecule has 7 heteroatoms. The van der Waals surface area contributed by atoms with Crippen molar-refractivity contribution in [3.05, 3.63) is 105 Å². The molecule has 5 nitrogen and oxygen atoms in total. The minimum absolute atomic E-state index is 0.0521. The second kappa shape index (κ2) is 8.42. The fourth-order valence-corrected chi connectivity index (χ4v) is 4.49. The molecule has 0 saturated carbocycles. The van der Waals surface area contributed by atoms with Gasteiger partial charge in [-0.15, -0.1) is 11.3 Å². The minimum atomic E-state index is -0.679. The highest BCUT2D eigenvalue weighted by Gasteiger charge is 2.15. The van der Waals surface area contributed by atoms with Crippen LogP contribution in [0.3, 0.4) is 0 Å². The van der Waals surface area contributed by atoms with Gasteiger partial charge in [-0.05, 0) is 30.3 Å². The van der Waals surface area contributed by atoms with Gasteiger partial charge < -0.3 is 9.73 Å². The van der Waals surface area contributed by atoms with Crippen molar-refractivity contribution < 1.29 is 9.21 Å². The third kappa shape index (κ3) is 3.93. The minimum Gasteiger partial charge on any atom is -0.422 e. The first-order valence-corrected chi connectivity index (χ1v) is 11.0. The van der Waals surface area contributed by atoms with Crippen LogP contribution in [-0.4, -0.2) is 10.9 Å². The van der Waals surface area contributed by atoms with Crippen molar-refractivity contribution in [3.63, 3.8) is 0 Å².